The summed E-state index contributed by atoms with van der Waals surface area (Å²) in [7, 11) is 0. The average Bonchev–Trinajstić information content (AvgIpc) is 2.87. The van der Waals surface area contributed by atoms with Gasteiger partial charge in [0.05, 0.1) is 4.88 Å². The quantitative estimate of drug-likeness (QED) is 0.866. The zero-order chi connectivity index (χ0) is 13.9. The van der Waals surface area contributed by atoms with E-state index >= 15 is 0 Å². The fraction of sp³-hybridized carbons (Fsp3) is 0.667. The number of thiazole rings is 1. The molecule has 0 saturated carbocycles. The topological polar surface area (TPSA) is 42.0 Å². The van der Waals surface area contributed by atoms with Crippen molar-refractivity contribution < 1.29 is 18.0 Å². The number of halogens is 3. The summed E-state index contributed by atoms with van der Waals surface area (Å²) >= 11 is 0.428. The monoisotopic (exact) mass is 292 g/mol. The second kappa shape index (κ2) is 6.00. The van der Waals surface area contributed by atoms with Crippen LogP contribution in [0.15, 0.2) is 6.20 Å². The molecule has 19 heavy (non-hydrogen) atoms. The number of nitrogens with zero attached hydrogens (tertiary/aromatic N) is 1. The van der Waals surface area contributed by atoms with Gasteiger partial charge in [-0.1, -0.05) is 6.42 Å². The highest BCUT2D eigenvalue weighted by molar-refractivity contribution is 7.13. The number of hydrogen-bond acceptors (Lipinski definition) is 4. The molecule has 2 rings (SSSR count). The lowest BCUT2D eigenvalue weighted by Crippen LogP contribution is -2.34. The molecule has 1 aliphatic heterocycles. The standard InChI is InChI=1S/C12H15F3N2OS/c13-12(14,15)11-17-7-10(19-11)9(18)5-4-8-3-1-2-6-16-8/h7-8,16H,1-6H2. The molecule has 1 unspecified atom stereocenters. The molecule has 1 atom stereocenters. The normalized spacial score (nSPS) is 20.5. The number of alkyl halides is 3. The molecule has 0 aromatic carbocycles. The lowest BCUT2D eigenvalue weighted by atomic mass is 9.99. The van der Waals surface area contributed by atoms with Gasteiger partial charge in [0.25, 0.3) is 0 Å². The maximum absolute atomic E-state index is 12.4. The van der Waals surface area contributed by atoms with Gasteiger partial charge in [-0.3, -0.25) is 4.79 Å². The van der Waals surface area contributed by atoms with Crippen LogP contribution in [0, 0.1) is 0 Å². The third kappa shape index (κ3) is 4.01. The van der Waals surface area contributed by atoms with Gasteiger partial charge in [0.2, 0.25) is 0 Å². The van der Waals surface area contributed by atoms with Gasteiger partial charge in [-0.15, -0.1) is 11.3 Å². The van der Waals surface area contributed by atoms with E-state index in [9.17, 15) is 18.0 Å². The highest BCUT2D eigenvalue weighted by Crippen LogP contribution is 2.32. The Bertz CT molecular complexity index is 438. The number of rotatable bonds is 4. The van der Waals surface area contributed by atoms with E-state index in [1.165, 1.54) is 0 Å². The third-order valence-electron chi connectivity index (χ3n) is 3.16. The van der Waals surface area contributed by atoms with Crippen LogP contribution >= 0.6 is 11.3 Å². The van der Waals surface area contributed by atoms with Crippen LogP contribution in [0.25, 0.3) is 0 Å². The second-order valence-electron chi connectivity index (χ2n) is 4.64. The molecule has 0 bridgehead atoms. The maximum atomic E-state index is 12.4. The van der Waals surface area contributed by atoms with Crippen LogP contribution in [0.3, 0.4) is 0 Å². The van der Waals surface area contributed by atoms with E-state index < -0.39 is 11.2 Å². The number of aromatic nitrogens is 1. The molecule has 0 radical (unpaired) electrons. The summed E-state index contributed by atoms with van der Waals surface area (Å²) in [4.78, 5) is 15.2. The Labute approximate surface area is 113 Å². The molecule has 1 N–H and O–H groups in total. The lowest BCUT2D eigenvalue weighted by Gasteiger charge is -2.22. The van der Waals surface area contributed by atoms with Crippen LogP contribution in [-0.2, 0) is 6.18 Å². The first kappa shape index (κ1) is 14.5. The minimum Gasteiger partial charge on any atom is -0.314 e. The minimum absolute atomic E-state index is 0.100. The Morgan fingerprint density at radius 1 is 1.47 bits per heavy atom. The molecule has 0 aliphatic carbocycles. The van der Waals surface area contributed by atoms with E-state index in [1.54, 1.807) is 0 Å². The first-order chi connectivity index (χ1) is 8.97. The first-order valence-electron chi connectivity index (χ1n) is 6.26. The lowest BCUT2D eigenvalue weighted by molar-refractivity contribution is -0.137. The largest absolute Gasteiger partial charge is 0.443 e. The van der Waals surface area contributed by atoms with Crippen LogP contribution in [0.1, 0.15) is 46.8 Å². The predicted molar refractivity (Wildman–Crippen MR) is 66.3 cm³/mol. The van der Waals surface area contributed by atoms with Crippen molar-refractivity contribution in [3.8, 4) is 0 Å². The molecule has 1 aromatic heterocycles. The predicted octanol–water partition coefficient (Wildman–Crippen LogP) is 3.27. The van der Waals surface area contributed by atoms with Crippen molar-refractivity contribution in [1.82, 2.24) is 10.3 Å². The molecule has 1 aliphatic rings. The van der Waals surface area contributed by atoms with E-state index in [1.807, 2.05) is 0 Å². The van der Waals surface area contributed by atoms with Gasteiger partial charge in [-0.05, 0) is 25.8 Å². The van der Waals surface area contributed by atoms with Crippen LogP contribution in [0.2, 0.25) is 0 Å². The summed E-state index contributed by atoms with van der Waals surface area (Å²) in [6.45, 7) is 0.956. The number of Topliss-reactive ketones (excluding diaryl/α,β-unsaturated/α-hetero) is 1. The molecule has 1 fully saturated rings. The van der Waals surface area contributed by atoms with Crippen molar-refractivity contribution in [1.29, 1.82) is 0 Å². The maximum Gasteiger partial charge on any atom is 0.443 e. The number of carbonyl (C=O) groups excluding carboxylic acids is 1. The van der Waals surface area contributed by atoms with Crippen molar-refractivity contribution in [2.24, 2.45) is 0 Å². The zero-order valence-electron chi connectivity index (χ0n) is 10.3. The van der Waals surface area contributed by atoms with E-state index in [2.05, 4.69) is 10.3 Å². The molecular weight excluding hydrogens is 277 g/mol. The molecule has 7 heteroatoms. The summed E-state index contributed by atoms with van der Waals surface area (Å²) in [5.74, 6) is -0.250. The Balaban J connectivity index is 1.87. The third-order valence-corrected chi connectivity index (χ3v) is 4.24. The number of hydrogen-bond donors (Lipinski definition) is 1. The Morgan fingerprint density at radius 3 is 2.84 bits per heavy atom. The van der Waals surface area contributed by atoms with Crippen molar-refractivity contribution in [3.63, 3.8) is 0 Å². The smallest absolute Gasteiger partial charge is 0.314 e. The Morgan fingerprint density at radius 2 is 2.26 bits per heavy atom. The fourth-order valence-corrected chi connectivity index (χ4v) is 2.88. The summed E-state index contributed by atoms with van der Waals surface area (Å²) in [5.41, 5.74) is 0. The van der Waals surface area contributed by atoms with Gasteiger partial charge in [-0.2, -0.15) is 13.2 Å². The van der Waals surface area contributed by atoms with Crippen LogP contribution in [0.5, 0.6) is 0 Å². The first-order valence-corrected chi connectivity index (χ1v) is 7.08. The molecular formula is C12H15F3N2OS. The molecule has 106 valence electrons. The van der Waals surface area contributed by atoms with E-state index in [4.69, 9.17) is 0 Å². The second-order valence-corrected chi connectivity index (χ2v) is 5.67. The van der Waals surface area contributed by atoms with Gasteiger partial charge < -0.3 is 5.32 Å². The minimum atomic E-state index is -4.46. The summed E-state index contributed by atoms with van der Waals surface area (Å²) in [5, 5.41) is 2.36. The summed E-state index contributed by atoms with van der Waals surface area (Å²) in [6.07, 6.45) is 0.843. The number of piperidine rings is 1. The summed E-state index contributed by atoms with van der Waals surface area (Å²) < 4.78 is 37.1. The van der Waals surface area contributed by atoms with Crippen LogP contribution in [-0.4, -0.2) is 23.4 Å². The van der Waals surface area contributed by atoms with Crippen molar-refractivity contribution in [2.75, 3.05) is 6.54 Å². The van der Waals surface area contributed by atoms with E-state index in [0.717, 1.165) is 32.0 Å². The zero-order valence-corrected chi connectivity index (χ0v) is 11.1. The van der Waals surface area contributed by atoms with Gasteiger partial charge in [0.1, 0.15) is 0 Å². The molecule has 0 amide bonds. The van der Waals surface area contributed by atoms with E-state index in [-0.39, 0.29) is 17.1 Å². The van der Waals surface area contributed by atoms with Gasteiger partial charge in [-0.25, -0.2) is 4.98 Å². The van der Waals surface area contributed by atoms with Crippen molar-refractivity contribution in [2.45, 2.75) is 44.3 Å². The molecule has 1 aromatic rings. The highest BCUT2D eigenvalue weighted by Gasteiger charge is 2.35. The Hall–Kier alpha value is -0.950. The van der Waals surface area contributed by atoms with Crippen molar-refractivity contribution in [3.05, 3.63) is 16.1 Å². The number of nitrogens with one attached hydrogen (secondary N) is 1. The molecule has 0 spiro atoms. The van der Waals surface area contributed by atoms with Crippen LogP contribution in [0.4, 0.5) is 13.2 Å². The number of ketones is 1. The fourth-order valence-electron chi connectivity index (χ4n) is 2.13. The molecule has 1 saturated heterocycles. The summed E-state index contributed by atoms with van der Waals surface area (Å²) in [6, 6.07) is 0.313. The average molecular weight is 292 g/mol. The van der Waals surface area contributed by atoms with Gasteiger partial charge in [0.15, 0.2) is 10.8 Å². The van der Waals surface area contributed by atoms with Crippen molar-refractivity contribution >= 4 is 17.1 Å². The highest BCUT2D eigenvalue weighted by atomic mass is 32.1. The number of carbonyl (C=O) groups is 1. The molecule has 3 nitrogen and oxygen atoms in total. The molecule has 2 heterocycles. The van der Waals surface area contributed by atoms with Gasteiger partial charge >= 0.3 is 6.18 Å². The van der Waals surface area contributed by atoms with E-state index in [0.29, 0.717) is 23.8 Å². The van der Waals surface area contributed by atoms with Gasteiger partial charge in [0, 0.05) is 18.7 Å². The van der Waals surface area contributed by atoms with Crippen LogP contribution < -0.4 is 5.32 Å². The SMILES string of the molecule is O=C(CCC1CCCCN1)c1cnc(C(F)(F)F)s1. The Kier molecular flexibility index (Phi) is 4.57.